The summed E-state index contributed by atoms with van der Waals surface area (Å²) in [4.78, 5) is 0. The van der Waals surface area contributed by atoms with Crippen molar-refractivity contribution in [2.75, 3.05) is 0 Å². The lowest BCUT2D eigenvalue weighted by molar-refractivity contribution is -0.187. The molecule has 5 heteroatoms. The maximum atomic E-state index is 12.7. The smallest absolute Gasteiger partial charge is 0.393 e. The third kappa shape index (κ3) is 4.36. The van der Waals surface area contributed by atoms with Gasteiger partial charge in [0.05, 0.1) is 6.10 Å². The van der Waals surface area contributed by atoms with E-state index in [-0.39, 0.29) is 22.9 Å². The second-order valence-electron chi connectivity index (χ2n) is 10.7. The second-order valence-corrected chi connectivity index (χ2v) is 10.7. The highest BCUT2D eigenvalue weighted by atomic mass is 19.4. The molecule has 0 aromatic heterocycles. The molecule has 0 saturated heterocycles. The molecular formula is C27H41F3O2. The molecule has 8 atom stereocenters. The molecule has 182 valence electrons. The van der Waals surface area contributed by atoms with Gasteiger partial charge in [0.1, 0.15) is 0 Å². The molecule has 0 aromatic rings. The van der Waals surface area contributed by atoms with E-state index >= 15 is 0 Å². The first-order valence-electron chi connectivity index (χ1n) is 12.5. The quantitative estimate of drug-likeness (QED) is 0.451. The molecule has 0 radical (unpaired) electrons. The fourth-order valence-corrected chi connectivity index (χ4v) is 7.43. The van der Waals surface area contributed by atoms with Crippen molar-refractivity contribution in [3.8, 4) is 0 Å². The van der Waals surface area contributed by atoms with Gasteiger partial charge in [-0.2, -0.15) is 13.2 Å². The minimum atomic E-state index is -4.61. The fourth-order valence-electron chi connectivity index (χ4n) is 7.43. The van der Waals surface area contributed by atoms with Crippen molar-refractivity contribution in [1.82, 2.24) is 0 Å². The number of fused-ring (bicyclic) bond motifs is 5. The molecule has 2 N–H and O–H groups in total. The summed E-state index contributed by atoms with van der Waals surface area (Å²) >= 11 is 0. The Kier molecular flexibility index (Phi) is 7.42. The molecule has 2 fully saturated rings. The van der Waals surface area contributed by atoms with Crippen molar-refractivity contribution in [1.29, 1.82) is 0 Å². The first-order chi connectivity index (χ1) is 15.0. The third-order valence-electron chi connectivity index (χ3n) is 9.13. The Labute approximate surface area is 191 Å². The van der Waals surface area contributed by atoms with Crippen LogP contribution in [-0.2, 0) is 0 Å². The number of hydrogen-bond donors (Lipinski definition) is 2. The Morgan fingerprint density at radius 1 is 1.00 bits per heavy atom. The van der Waals surface area contributed by atoms with Crippen LogP contribution < -0.4 is 0 Å². The van der Waals surface area contributed by atoms with Gasteiger partial charge in [-0.05, 0) is 79.4 Å². The topological polar surface area (TPSA) is 40.5 Å². The zero-order valence-corrected chi connectivity index (χ0v) is 20.3. The highest BCUT2D eigenvalue weighted by Crippen LogP contribution is 2.65. The lowest BCUT2D eigenvalue weighted by atomic mass is 9.47. The molecule has 0 aliphatic heterocycles. The Bertz CT molecular complexity index is 767. The minimum absolute atomic E-state index is 0.0178. The monoisotopic (exact) mass is 454 g/mol. The number of halogens is 3. The summed E-state index contributed by atoms with van der Waals surface area (Å²) in [6.07, 6.45) is 6.90. The molecule has 0 amide bonds. The van der Waals surface area contributed by atoms with Crippen molar-refractivity contribution in [3.63, 3.8) is 0 Å². The zero-order chi connectivity index (χ0) is 23.9. The van der Waals surface area contributed by atoms with Crippen LogP contribution in [0.5, 0.6) is 0 Å². The van der Waals surface area contributed by atoms with Crippen LogP contribution in [0.3, 0.4) is 0 Å². The summed E-state index contributed by atoms with van der Waals surface area (Å²) in [5, 5.41) is 19.5. The Hall–Kier alpha value is -1.07. The summed E-state index contributed by atoms with van der Waals surface area (Å²) in [5.74, 6) is 1.65. The first-order valence-corrected chi connectivity index (χ1v) is 12.5. The molecule has 4 aliphatic carbocycles. The molecule has 0 aromatic carbocycles. The van der Waals surface area contributed by atoms with Crippen LogP contribution in [0.2, 0.25) is 0 Å². The maximum absolute atomic E-state index is 12.7. The van der Waals surface area contributed by atoms with E-state index < -0.39 is 12.3 Å². The van der Waals surface area contributed by atoms with Gasteiger partial charge in [-0.3, -0.25) is 0 Å². The molecule has 4 rings (SSSR count). The Morgan fingerprint density at radius 2 is 1.66 bits per heavy atom. The van der Waals surface area contributed by atoms with Gasteiger partial charge in [-0.1, -0.05) is 70.1 Å². The van der Waals surface area contributed by atoms with E-state index in [1.54, 1.807) is 0 Å². The average molecular weight is 455 g/mol. The number of aliphatic hydroxyl groups is 2. The van der Waals surface area contributed by atoms with E-state index in [0.29, 0.717) is 17.8 Å². The molecule has 2 saturated carbocycles. The van der Waals surface area contributed by atoms with Crippen molar-refractivity contribution >= 4 is 0 Å². The van der Waals surface area contributed by atoms with E-state index in [4.69, 9.17) is 0 Å². The highest BCUT2D eigenvalue weighted by molar-refractivity contribution is 5.32. The van der Waals surface area contributed by atoms with Crippen LogP contribution in [0, 0.1) is 34.5 Å². The van der Waals surface area contributed by atoms with E-state index in [2.05, 4.69) is 26.0 Å². The maximum Gasteiger partial charge on any atom is 0.417 e. The van der Waals surface area contributed by atoms with Gasteiger partial charge in [-0.25, -0.2) is 0 Å². The van der Waals surface area contributed by atoms with Gasteiger partial charge in [0.15, 0.2) is 6.10 Å². The van der Waals surface area contributed by atoms with Crippen molar-refractivity contribution < 1.29 is 23.4 Å². The van der Waals surface area contributed by atoms with Gasteiger partial charge < -0.3 is 10.2 Å². The minimum Gasteiger partial charge on any atom is -0.393 e. The van der Waals surface area contributed by atoms with Crippen LogP contribution in [0.25, 0.3) is 0 Å². The second kappa shape index (κ2) is 9.29. The molecule has 2 nitrogen and oxygen atoms in total. The lowest BCUT2D eigenvalue weighted by Crippen LogP contribution is -2.50. The summed E-state index contributed by atoms with van der Waals surface area (Å²) in [7, 11) is 0. The normalized spacial score (nSPS) is 40.8. The molecular weight excluding hydrogens is 413 g/mol. The lowest BCUT2D eigenvalue weighted by Gasteiger charge is -2.58. The standard InChI is InChI=1S/C25H35F3O2.C2H6/c1-15(4-9-22(30)25(26,27)28)19-7-8-20-18-6-5-16-14-17(29)10-12-23(16,2)21(18)11-13-24(19,20)3;1-2/h4-5,7,9,15,17-18,20-22,29-30H,6,8,10-14H2,1-3H3;1-2H3/b9-4+;/t15-,17?,18?,20?,21?,22?,23?,24?;/m1./s1. The van der Waals surface area contributed by atoms with E-state index in [9.17, 15) is 23.4 Å². The van der Waals surface area contributed by atoms with Crippen molar-refractivity contribution in [2.45, 2.75) is 97.9 Å². The predicted molar refractivity (Wildman–Crippen MR) is 123 cm³/mol. The SMILES string of the molecule is CC.C[C@H](/C=C/C(O)C(F)(F)F)C1=CCC2C3CC=C4CC(O)CCC4(C)C3CCC12C. The van der Waals surface area contributed by atoms with Crippen LogP contribution in [0.1, 0.15) is 79.6 Å². The fraction of sp³-hybridized carbons (Fsp3) is 0.778. The molecule has 0 heterocycles. The number of allylic oxidation sites excluding steroid dienone is 4. The largest absolute Gasteiger partial charge is 0.417 e. The number of rotatable bonds is 3. The first kappa shape index (κ1) is 25.6. The molecule has 0 spiro atoms. The zero-order valence-electron chi connectivity index (χ0n) is 20.3. The van der Waals surface area contributed by atoms with E-state index in [0.717, 1.165) is 51.0 Å². The van der Waals surface area contributed by atoms with E-state index in [1.165, 1.54) is 17.2 Å². The summed E-state index contributed by atoms with van der Waals surface area (Å²) in [6, 6.07) is 0. The van der Waals surface area contributed by atoms with Gasteiger partial charge in [0.25, 0.3) is 0 Å². The third-order valence-corrected chi connectivity index (χ3v) is 9.13. The van der Waals surface area contributed by atoms with Crippen LogP contribution in [-0.4, -0.2) is 28.6 Å². The van der Waals surface area contributed by atoms with Crippen LogP contribution >= 0.6 is 0 Å². The molecule has 0 bridgehead atoms. The van der Waals surface area contributed by atoms with E-state index in [1.807, 2.05) is 20.8 Å². The molecule has 4 aliphatic rings. The number of hydrogen-bond acceptors (Lipinski definition) is 2. The van der Waals surface area contributed by atoms with Crippen LogP contribution in [0.4, 0.5) is 13.2 Å². The summed E-state index contributed by atoms with van der Waals surface area (Å²) in [5.41, 5.74) is 2.91. The van der Waals surface area contributed by atoms with Gasteiger partial charge in [0.2, 0.25) is 0 Å². The molecule has 7 unspecified atom stereocenters. The molecule has 32 heavy (non-hydrogen) atoms. The van der Waals surface area contributed by atoms with Crippen molar-refractivity contribution in [3.05, 3.63) is 35.5 Å². The van der Waals surface area contributed by atoms with Crippen molar-refractivity contribution in [2.24, 2.45) is 34.5 Å². The predicted octanol–water partition coefficient (Wildman–Crippen LogP) is 6.99. The summed E-state index contributed by atoms with van der Waals surface area (Å²) in [6.45, 7) is 10.7. The van der Waals surface area contributed by atoms with Gasteiger partial charge in [-0.15, -0.1) is 0 Å². The Morgan fingerprint density at radius 3 is 2.31 bits per heavy atom. The average Bonchev–Trinajstić information content (AvgIpc) is 3.10. The highest BCUT2D eigenvalue weighted by Gasteiger charge is 2.56. The van der Waals surface area contributed by atoms with Crippen LogP contribution in [0.15, 0.2) is 35.5 Å². The number of aliphatic hydroxyl groups excluding tert-OH is 2. The van der Waals surface area contributed by atoms with Gasteiger partial charge in [0, 0.05) is 0 Å². The summed E-state index contributed by atoms with van der Waals surface area (Å²) < 4.78 is 38.0. The van der Waals surface area contributed by atoms with Gasteiger partial charge >= 0.3 is 6.18 Å². The number of alkyl halides is 3. The Balaban J connectivity index is 0.00000141.